The second kappa shape index (κ2) is 13.3. The molecule has 1 rings (SSSR count). The highest BCUT2D eigenvalue weighted by atomic mass is 28.4. The van der Waals surface area contributed by atoms with Crippen LogP contribution in [0.1, 0.15) is 53.0 Å². The van der Waals surface area contributed by atoms with Gasteiger partial charge >= 0.3 is 0 Å². The number of allylic oxidation sites excluding steroid dienone is 2. The lowest BCUT2D eigenvalue weighted by Crippen LogP contribution is -2.48. The van der Waals surface area contributed by atoms with E-state index in [0.29, 0.717) is 6.61 Å². The van der Waals surface area contributed by atoms with E-state index in [2.05, 4.69) is 60.4 Å². The zero-order valence-corrected chi connectivity index (χ0v) is 22.6. The first-order valence-electron chi connectivity index (χ1n) is 11.8. The smallest absolute Gasteiger partial charge is 0.192 e. The number of rotatable bonds is 14. The third-order valence-electron chi connectivity index (χ3n) is 6.67. The van der Waals surface area contributed by atoms with Gasteiger partial charge in [-0.05, 0) is 48.7 Å². The first kappa shape index (κ1) is 28.6. The first-order valence-corrected chi connectivity index (χ1v) is 14.7. The van der Waals surface area contributed by atoms with Crippen molar-refractivity contribution in [2.45, 2.75) is 84.4 Å². The minimum absolute atomic E-state index is 0.0261. The van der Waals surface area contributed by atoms with Crippen molar-refractivity contribution in [1.29, 1.82) is 0 Å². The summed E-state index contributed by atoms with van der Waals surface area (Å²) in [6, 6.07) is 8.01. The normalized spacial score (nSPS) is 16.5. The Morgan fingerprint density at radius 2 is 1.75 bits per heavy atom. The number of hydrogen-bond donors (Lipinski definition) is 1. The van der Waals surface area contributed by atoms with Crippen molar-refractivity contribution >= 4 is 8.32 Å². The van der Waals surface area contributed by atoms with Crippen molar-refractivity contribution in [2.75, 3.05) is 13.7 Å². The molecule has 0 unspecified atom stereocenters. The number of ether oxygens (including phenoxy) is 2. The van der Waals surface area contributed by atoms with Crippen LogP contribution in [0.15, 0.2) is 49.1 Å². The highest BCUT2D eigenvalue weighted by molar-refractivity contribution is 6.74. The lowest BCUT2D eigenvalue weighted by Gasteiger charge is -2.43. The van der Waals surface area contributed by atoms with Crippen molar-refractivity contribution in [3.05, 3.63) is 54.6 Å². The summed E-state index contributed by atoms with van der Waals surface area (Å²) < 4.78 is 18.7. The standard InChI is InChI=1S/C27H46O4Si/c1-10-11-13-21(2)26(30-20-23-15-17-24(29-7)18-16-23)22(3)25(14-12-19-28)31-32(8,9)27(4,5)6/h10-11,13,15-18,21-22,25-26,28H,1,12,14,19-20H2,2-9H3/b13-11-/t21-,22-,25+,26-/m0/s1. The molecule has 182 valence electrons. The van der Waals surface area contributed by atoms with E-state index in [1.54, 1.807) is 13.2 Å². The molecule has 1 N–H and O–H groups in total. The molecule has 0 spiro atoms. The number of hydrogen-bond acceptors (Lipinski definition) is 4. The van der Waals surface area contributed by atoms with Crippen molar-refractivity contribution in [3.8, 4) is 5.75 Å². The van der Waals surface area contributed by atoms with Crippen LogP contribution in [-0.2, 0) is 15.8 Å². The van der Waals surface area contributed by atoms with E-state index in [9.17, 15) is 5.11 Å². The van der Waals surface area contributed by atoms with Crippen LogP contribution in [0.4, 0.5) is 0 Å². The van der Waals surface area contributed by atoms with E-state index >= 15 is 0 Å². The second-order valence-corrected chi connectivity index (χ2v) is 15.0. The Bertz CT molecular complexity index is 691. The molecule has 1 aromatic carbocycles. The average Bonchev–Trinajstić information content (AvgIpc) is 2.74. The lowest BCUT2D eigenvalue weighted by molar-refractivity contribution is -0.0549. The van der Waals surface area contributed by atoms with Crippen LogP contribution in [0, 0.1) is 11.8 Å². The molecule has 0 amide bonds. The van der Waals surface area contributed by atoms with Crippen LogP contribution in [-0.4, -0.2) is 39.3 Å². The van der Waals surface area contributed by atoms with Crippen molar-refractivity contribution in [2.24, 2.45) is 11.8 Å². The predicted molar refractivity (Wildman–Crippen MR) is 138 cm³/mol. The van der Waals surface area contributed by atoms with Gasteiger partial charge in [0.1, 0.15) is 5.75 Å². The maximum atomic E-state index is 9.51. The number of aliphatic hydroxyl groups is 1. The first-order chi connectivity index (χ1) is 15.0. The summed E-state index contributed by atoms with van der Waals surface area (Å²) in [4.78, 5) is 0. The van der Waals surface area contributed by atoms with E-state index in [1.165, 1.54) is 0 Å². The van der Waals surface area contributed by atoms with Gasteiger partial charge < -0.3 is 19.0 Å². The lowest BCUT2D eigenvalue weighted by atomic mass is 9.87. The average molecular weight is 463 g/mol. The predicted octanol–water partition coefficient (Wildman–Crippen LogP) is 6.76. The highest BCUT2D eigenvalue weighted by Gasteiger charge is 2.41. The fourth-order valence-electron chi connectivity index (χ4n) is 3.55. The molecule has 0 saturated carbocycles. The SMILES string of the molecule is C=C/C=C\[C@H](C)[C@H](OCc1ccc(OC)cc1)[C@@H](C)[C@@H](CCCO)O[Si](C)(C)C(C)(C)C. The largest absolute Gasteiger partial charge is 0.497 e. The van der Waals surface area contributed by atoms with Crippen LogP contribution in [0.25, 0.3) is 0 Å². The summed E-state index contributed by atoms with van der Waals surface area (Å²) in [5, 5.41) is 9.63. The summed E-state index contributed by atoms with van der Waals surface area (Å²) in [5.74, 6) is 1.20. The third-order valence-corrected chi connectivity index (χ3v) is 11.2. The van der Waals surface area contributed by atoms with Crippen LogP contribution in [0.2, 0.25) is 18.1 Å². The van der Waals surface area contributed by atoms with Crippen LogP contribution in [0.5, 0.6) is 5.75 Å². The molecule has 0 radical (unpaired) electrons. The Balaban J connectivity index is 3.11. The van der Waals surface area contributed by atoms with Crippen molar-refractivity contribution < 1.29 is 19.0 Å². The second-order valence-electron chi connectivity index (χ2n) is 10.2. The van der Waals surface area contributed by atoms with Gasteiger partial charge in [-0.3, -0.25) is 0 Å². The monoisotopic (exact) mass is 462 g/mol. The molecular formula is C27H46O4Si. The van der Waals surface area contributed by atoms with Gasteiger partial charge in [0.05, 0.1) is 25.9 Å². The molecule has 0 bridgehead atoms. The van der Waals surface area contributed by atoms with Gasteiger partial charge in [0, 0.05) is 18.4 Å². The molecule has 0 fully saturated rings. The molecule has 0 heterocycles. The van der Waals surface area contributed by atoms with E-state index < -0.39 is 8.32 Å². The van der Waals surface area contributed by atoms with Gasteiger partial charge in [-0.15, -0.1) is 0 Å². The molecule has 0 aliphatic carbocycles. The minimum atomic E-state index is -1.97. The van der Waals surface area contributed by atoms with Gasteiger partial charge in [0.25, 0.3) is 0 Å². The summed E-state index contributed by atoms with van der Waals surface area (Å²) in [6.07, 6.45) is 7.49. The van der Waals surface area contributed by atoms with Crippen LogP contribution in [0.3, 0.4) is 0 Å². The summed E-state index contributed by atoms with van der Waals surface area (Å²) in [6.45, 7) is 20.3. The molecule has 0 aromatic heterocycles. The molecule has 32 heavy (non-hydrogen) atoms. The Hall–Kier alpha value is -1.40. The Kier molecular flexibility index (Phi) is 11.9. The Morgan fingerprint density at radius 1 is 1.12 bits per heavy atom. The Morgan fingerprint density at radius 3 is 2.25 bits per heavy atom. The van der Waals surface area contributed by atoms with Gasteiger partial charge in [0.2, 0.25) is 0 Å². The summed E-state index contributed by atoms with van der Waals surface area (Å²) in [5.41, 5.74) is 1.11. The molecule has 0 saturated heterocycles. The van der Waals surface area contributed by atoms with E-state index in [4.69, 9.17) is 13.9 Å². The number of methoxy groups -OCH3 is 1. The van der Waals surface area contributed by atoms with E-state index in [-0.39, 0.29) is 35.7 Å². The molecule has 1 aromatic rings. The topological polar surface area (TPSA) is 47.9 Å². The molecule has 0 aliphatic rings. The van der Waals surface area contributed by atoms with Crippen LogP contribution < -0.4 is 4.74 Å². The third kappa shape index (κ3) is 8.85. The van der Waals surface area contributed by atoms with Crippen LogP contribution >= 0.6 is 0 Å². The maximum absolute atomic E-state index is 9.51. The minimum Gasteiger partial charge on any atom is -0.497 e. The zero-order valence-electron chi connectivity index (χ0n) is 21.6. The molecule has 0 aliphatic heterocycles. The van der Waals surface area contributed by atoms with E-state index in [1.807, 2.05) is 30.3 Å². The van der Waals surface area contributed by atoms with Crippen molar-refractivity contribution in [3.63, 3.8) is 0 Å². The number of aliphatic hydroxyl groups excluding tert-OH is 1. The molecule has 4 atom stereocenters. The molecular weight excluding hydrogens is 416 g/mol. The van der Waals surface area contributed by atoms with Gasteiger partial charge in [-0.25, -0.2) is 0 Å². The zero-order chi connectivity index (χ0) is 24.4. The van der Waals surface area contributed by atoms with Gasteiger partial charge in [0.15, 0.2) is 8.32 Å². The summed E-state index contributed by atoms with van der Waals surface area (Å²) >= 11 is 0. The van der Waals surface area contributed by atoms with E-state index in [0.717, 1.165) is 24.2 Å². The van der Waals surface area contributed by atoms with Gasteiger partial charge in [-0.2, -0.15) is 0 Å². The molecule has 5 heteroatoms. The molecule has 4 nitrogen and oxygen atoms in total. The number of benzene rings is 1. The maximum Gasteiger partial charge on any atom is 0.192 e. The highest BCUT2D eigenvalue weighted by Crippen LogP contribution is 2.39. The fraction of sp³-hybridized carbons (Fsp3) is 0.630. The van der Waals surface area contributed by atoms with Gasteiger partial charge in [-0.1, -0.05) is 71.6 Å². The summed E-state index contributed by atoms with van der Waals surface area (Å²) in [7, 11) is -0.297. The quantitative estimate of drug-likeness (QED) is 0.245. The Labute approximate surface area is 197 Å². The van der Waals surface area contributed by atoms with Crippen molar-refractivity contribution in [1.82, 2.24) is 0 Å². The fourth-order valence-corrected chi connectivity index (χ4v) is 4.99.